The summed E-state index contributed by atoms with van der Waals surface area (Å²) in [5.74, 6) is 0. The Hall–Kier alpha value is -0.110. The minimum absolute atomic E-state index is 0.280. The van der Waals surface area contributed by atoms with Gasteiger partial charge in [0.2, 0.25) is 0 Å². The molecule has 1 nitrogen and oxygen atoms in total. The van der Waals surface area contributed by atoms with Crippen LogP contribution in [0.15, 0.2) is 10.6 Å². The van der Waals surface area contributed by atoms with Crippen molar-refractivity contribution in [3.63, 3.8) is 0 Å². The van der Waals surface area contributed by atoms with E-state index in [0.717, 1.165) is 0 Å². The zero-order chi connectivity index (χ0) is 8.65. The Bertz CT molecular complexity index is 188. The molecule has 0 saturated heterocycles. The third-order valence-electron chi connectivity index (χ3n) is 1.80. The van der Waals surface area contributed by atoms with Crippen molar-refractivity contribution in [3.05, 3.63) is 10.6 Å². The molecule has 1 heterocycles. The Morgan fingerprint density at radius 2 is 1.91 bits per heavy atom. The topological polar surface area (TPSA) is 12.0 Å². The van der Waals surface area contributed by atoms with Crippen molar-refractivity contribution in [2.45, 2.75) is 40.0 Å². The first-order chi connectivity index (χ1) is 4.91. The van der Waals surface area contributed by atoms with Crippen molar-refractivity contribution < 1.29 is 0 Å². The summed E-state index contributed by atoms with van der Waals surface area (Å²) in [5, 5.41) is 4.05. The quantitative estimate of drug-likeness (QED) is 0.601. The van der Waals surface area contributed by atoms with Crippen LogP contribution in [0.4, 0.5) is 0 Å². The van der Waals surface area contributed by atoms with Gasteiger partial charge in [-0.2, -0.15) is 0 Å². The smallest absolute Gasteiger partial charge is 0.0735 e. The summed E-state index contributed by atoms with van der Waals surface area (Å²) >= 11 is 1.92. The van der Waals surface area contributed by atoms with E-state index >= 15 is 0 Å². The van der Waals surface area contributed by atoms with Gasteiger partial charge < -0.3 is 5.32 Å². The van der Waals surface area contributed by atoms with E-state index in [4.69, 9.17) is 0 Å². The van der Waals surface area contributed by atoms with Crippen LogP contribution >= 0.6 is 11.8 Å². The highest BCUT2D eigenvalue weighted by Crippen LogP contribution is 2.37. The predicted molar refractivity (Wildman–Crippen MR) is 52.3 cm³/mol. The second-order valence-electron chi connectivity index (χ2n) is 4.09. The van der Waals surface area contributed by atoms with Gasteiger partial charge in [0, 0.05) is 16.0 Å². The predicted octanol–water partition coefficient (Wildman–Crippen LogP) is 2.95. The number of nitrogens with one attached hydrogen (secondary N) is 1. The molecule has 0 amide bonds. The van der Waals surface area contributed by atoms with E-state index in [2.05, 4.69) is 39.9 Å². The summed E-state index contributed by atoms with van der Waals surface area (Å²) in [5.41, 5.74) is 1.69. The molecule has 0 radical (unpaired) electrons. The van der Waals surface area contributed by atoms with E-state index in [1.165, 1.54) is 10.6 Å². The summed E-state index contributed by atoms with van der Waals surface area (Å²) in [7, 11) is 0. The minimum Gasteiger partial charge on any atom is -0.376 e. The van der Waals surface area contributed by atoms with Gasteiger partial charge in [-0.1, -0.05) is 20.8 Å². The number of allylic oxidation sites excluding steroid dienone is 2. The lowest BCUT2D eigenvalue weighted by Gasteiger charge is -2.22. The lowest BCUT2D eigenvalue weighted by molar-refractivity contribution is 0.461. The average molecular weight is 171 g/mol. The van der Waals surface area contributed by atoms with Crippen LogP contribution in [-0.4, -0.2) is 5.37 Å². The molecular weight excluding hydrogens is 154 g/mol. The highest BCUT2D eigenvalue weighted by Gasteiger charge is 2.26. The van der Waals surface area contributed by atoms with Crippen LogP contribution in [0.3, 0.4) is 0 Å². The van der Waals surface area contributed by atoms with Crippen LogP contribution < -0.4 is 5.32 Å². The van der Waals surface area contributed by atoms with Crippen molar-refractivity contribution in [2.24, 2.45) is 5.41 Å². The van der Waals surface area contributed by atoms with Gasteiger partial charge >= 0.3 is 0 Å². The maximum absolute atomic E-state index is 3.49. The molecule has 2 heteroatoms. The van der Waals surface area contributed by atoms with E-state index in [0.29, 0.717) is 5.37 Å². The van der Waals surface area contributed by atoms with Crippen molar-refractivity contribution in [1.29, 1.82) is 0 Å². The van der Waals surface area contributed by atoms with Crippen LogP contribution in [0.25, 0.3) is 0 Å². The molecule has 0 bridgehead atoms. The molecule has 0 saturated carbocycles. The van der Waals surface area contributed by atoms with E-state index in [-0.39, 0.29) is 5.41 Å². The normalized spacial score (nSPS) is 25.7. The molecule has 1 aliphatic rings. The molecule has 1 atom stereocenters. The zero-order valence-electron chi connectivity index (χ0n) is 7.99. The molecule has 0 aromatic rings. The van der Waals surface area contributed by atoms with Gasteiger partial charge in [0.25, 0.3) is 0 Å². The molecule has 0 fully saturated rings. The van der Waals surface area contributed by atoms with Gasteiger partial charge in [-0.05, 0) is 13.8 Å². The summed E-state index contributed by atoms with van der Waals surface area (Å²) in [6, 6.07) is 0. The zero-order valence-corrected chi connectivity index (χ0v) is 8.80. The molecule has 0 spiro atoms. The van der Waals surface area contributed by atoms with Gasteiger partial charge in [-0.15, -0.1) is 11.8 Å². The van der Waals surface area contributed by atoms with Gasteiger partial charge in [-0.25, -0.2) is 0 Å². The summed E-state index contributed by atoms with van der Waals surface area (Å²) in [4.78, 5) is 1.45. The van der Waals surface area contributed by atoms with Crippen LogP contribution in [0.5, 0.6) is 0 Å². The first kappa shape index (κ1) is 8.98. The van der Waals surface area contributed by atoms with E-state index in [1.54, 1.807) is 0 Å². The molecular formula is C9H17NS. The molecule has 1 N–H and O–H groups in total. The Kier molecular flexibility index (Phi) is 2.24. The monoisotopic (exact) mass is 171 g/mol. The molecule has 0 aromatic heterocycles. The van der Waals surface area contributed by atoms with Crippen molar-refractivity contribution in [1.82, 2.24) is 5.32 Å². The fraction of sp³-hybridized carbons (Fsp3) is 0.778. The van der Waals surface area contributed by atoms with E-state index in [1.807, 2.05) is 11.8 Å². The van der Waals surface area contributed by atoms with Gasteiger partial charge in [-0.3, -0.25) is 0 Å². The first-order valence-electron chi connectivity index (χ1n) is 4.06. The van der Waals surface area contributed by atoms with Gasteiger partial charge in [0.1, 0.15) is 0 Å². The number of rotatable bonds is 0. The second-order valence-corrected chi connectivity index (χ2v) is 5.64. The molecule has 0 aliphatic carbocycles. The third kappa shape index (κ3) is 1.92. The largest absolute Gasteiger partial charge is 0.376 e. The number of thioether (sulfide) groups is 1. The highest BCUT2D eigenvalue weighted by atomic mass is 32.2. The number of hydrogen-bond donors (Lipinski definition) is 1. The molecule has 0 aromatic carbocycles. The van der Waals surface area contributed by atoms with Crippen LogP contribution in [0.2, 0.25) is 0 Å². The van der Waals surface area contributed by atoms with E-state index in [9.17, 15) is 0 Å². The fourth-order valence-corrected chi connectivity index (χ4v) is 2.59. The Morgan fingerprint density at radius 3 is 2.09 bits per heavy atom. The molecule has 11 heavy (non-hydrogen) atoms. The molecule has 1 aliphatic heterocycles. The average Bonchev–Trinajstić information content (AvgIpc) is 2.08. The van der Waals surface area contributed by atoms with Crippen LogP contribution in [-0.2, 0) is 0 Å². The van der Waals surface area contributed by atoms with Crippen molar-refractivity contribution >= 4 is 11.8 Å². The fourth-order valence-electron chi connectivity index (χ4n) is 1.40. The standard InChI is InChI=1S/C9H17NS/c1-6-8(9(3,4)5)10-7(2)11-6/h7,10H,1-5H3. The van der Waals surface area contributed by atoms with Crippen molar-refractivity contribution in [3.8, 4) is 0 Å². The van der Waals surface area contributed by atoms with Crippen LogP contribution in [0, 0.1) is 5.41 Å². The summed E-state index contributed by atoms with van der Waals surface area (Å²) in [6.45, 7) is 11.1. The first-order valence-corrected chi connectivity index (χ1v) is 4.94. The molecule has 64 valence electrons. The minimum atomic E-state index is 0.280. The third-order valence-corrected chi connectivity index (χ3v) is 2.83. The van der Waals surface area contributed by atoms with Crippen LogP contribution in [0.1, 0.15) is 34.6 Å². The SMILES string of the molecule is CC1=C(C(C)(C)C)NC(C)S1. The molecule has 1 unspecified atom stereocenters. The Labute approximate surface area is 73.6 Å². The van der Waals surface area contributed by atoms with Crippen molar-refractivity contribution in [2.75, 3.05) is 0 Å². The lowest BCUT2D eigenvalue weighted by Crippen LogP contribution is -2.25. The Balaban J connectivity index is 2.80. The highest BCUT2D eigenvalue weighted by molar-refractivity contribution is 8.03. The maximum Gasteiger partial charge on any atom is 0.0735 e. The van der Waals surface area contributed by atoms with Gasteiger partial charge in [0.05, 0.1) is 5.37 Å². The number of hydrogen-bond acceptors (Lipinski definition) is 2. The van der Waals surface area contributed by atoms with E-state index < -0.39 is 0 Å². The molecule has 1 rings (SSSR count). The summed E-state index contributed by atoms with van der Waals surface area (Å²) < 4.78 is 0. The Morgan fingerprint density at radius 1 is 1.36 bits per heavy atom. The maximum atomic E-state index is 3.49. The second kappa shape index (κ2) is 2.74. The summed E-state index contributed by atoms with van der Waals surface area (Å²) in [6.07, 6.45) is 0. The van der Waals surface area contributed by atoms with Gasteiger partial charge in [0.15, 0.2) is 0 Å². The lowest BCUT2D eigenvalue weighted by atomic mass is 9.91.